The molecule has 198 valence electrons. The molecule has 3 N–H and O–H groups in total. The van der Waals surface area contributed by atoms with Crippen molar-refractivity contribution in [2.24, 2.45) is 0 Å². The summed E-state index contributed by atoms with van der Waals surface area (Å²) in [7, 11) is -2.52. The maximum Gasteiger partial charge on any atom is 0.276 e. The molecule has 5 aromatic rings. The number of hydrogen-bond acceptors (Lipinski definition) is 8. The molecule has 5 rings (SSSR count). The summed E-state index contributed by atoms with van der Waals surface area (Å²) >= 11 is 1.58. The zero-order valence-electron chi connectivity index (χ0n) is 21.1. The van der Waals surface area contributed by atoms with Gasteiger partial charge in [-0.1, -0.05) is 24.3 Å². The lowest BCUT2D eigenvalue weighted by atomic mass is 10.0. The van der Waals surface area contributed by atoms with E-state index >= 15 is 0 Å². The van der Waals surface area contributed by atoms with Crippen LogP contribution in [0.4, 0.5) is 5.69 Å². The first-order chi connectivity index (χ1) is 18.8. The number of aryl methyl sites for hydroxylation is 1. The minimum absolute atomic E-state index is 0.0670. The van der Waals surface area contributed by atoms with Gasteiger partial charge in [0.25, 0.3) is 5.91 Å². The third kappa shape index (κ3) is 5.22. The molecule has 0 saturated heterocycles. The topological polar surface area (TPSA) is 118 Å². The van der Waals surface area contributed by atoms with Gasteiger partial charge in [-0.3, -0.25) is 15.0 Å². The molecule has 0 spiro atoms. The van der Waals surface area contributed by atoms with Gasteiger partial charge in [-0.05, 0) is 78.0 Å². The van der Waals surface area contributed by atoms with Crippen LogP contribution in [0.25, 0.3) is 20.5 Å². The molecular weight excluding hydrogens is 534 g/mol. The number of carbonyl (C=O) groups is 1. The Morgan fingerprint density at radius 3 is 2.46 bits per heavy atom. The molecule has 0 aliphatic rings. The van der Waals surface area contributed by atoms with E-state index in [1.54, 1.807) is 60.3 Å². The Morgan fingerprint density at radius 2 is 1.79 bits per heavy atom. The van der Waals surface area contributed by atoms with Crippen molar-refractivity contribution in [3.05, 3.63) is 108 Å². The second-order valence-corrected chi connectivity index (χ2v) is 12.0. The summed E-state index contributed by atoms with van der Waals surface area (Å²) in [5.41, 5.74) is 3.86. The quantitative estimate of drug-likeness (QED) is 0.158. The zero-order valence-corrected chi connectivity index (χ0v) is 22.7. The third-order valence-corrected chi connectivity index (χ3v) is 9.46. The van der Waals surface area contributed by atoms with Gasteiger partial charge in [-0.15, -0.1) is 11.3 Å². The van der Waals surface area contributed by atoms with Gasteiger partial charge in [0, 0.05) is 27.5 Å². The predicted molar refractivity (Wildman–Crippen MR) is 152 cm³/mol. The number of nitrogens with zero attached hydrogens (tertiary/aromatic N) is 1. The van der Waals surface area contributed by atoms with Crippen LogP contribution in [-0.4, -0.2) is 31.6 Å². The van der Waals surface area contributed by atoms with Gasteiger partial charge in [-0.2, -0.15) is 0 Å². The van der Waals surface area contributed by atoms with Gasteiger partial charge in [0.05, 0.1) is 23.3 Å². The summed E-state index contributed by atoms with van der Waals surface area (Å²) in [6.45, 7) is 1.79. The van der Waals surface area contributed by atoms with E-state index in [0.29, 0.717) is 16.9 Å². The van der Waals surface area contributed by atoms with Crippen molar-refractivity contribution in [2.75, 3.05) is 12.4 Å². The number of hydrogen-bond donors (Lipinski definition) is 3. The van der Waals surface area contributed by atoms with Crippen LogP contribution in [0.15, 0.2) is 96.2 Å². The highest BCUT2D eigenvalue weighted by molar-refractivity contribution is 7.91. The zero-order chi connectivity index (χ0) is 27.6. The van der Waals surface area contributed by atoms with E-state index in [4.69, 9.17) is 4.74 Å². The molecule has 39 heavy (non-hydrogen) atoms. The summed E-state index contributed by atoms with van der Waals surface area (Å²) < 4.78 is 34.1. The van der Waals surface area contributed by atoms with E-state index in [9.17, 15) is 18.4 Å². The number of benzene rings is 3. The molecule has 8 nitrogen and oxygen atoms in total. The Hall–Kier alpha value is -4.25. The van der Waals surface area contributed by atoms with Crippen molar-refractivity contribution in [3.63, 3.8) is 0 Å². The third-order valence-electron chi connectivity index (χ3n) is 6.35. The molecule has 0 radical (unpaired) electrons. The Morgan fingerprint density at radius 1 is 1.03 bits per heavy atom. The summed E-state index contributed by atoms with van der Waals surface area (Å²) in [5, 5.41) is 12.4. The maximum absolute atomic E-state index is 13.9. The van der Waals surface area contributed by atoms with Crippen LogP contribution in [0.2, 0.25) is 0 Å². The minimum atomic E-state index is -4.02. The molecule has 0 fully saturated rings. The van der Waals surface area contributed by atoms with Crippen LogP contribution in [0, 0.1) is 6.92 Å². The number of amides is 1. The van der Waals surface area contributed by atoms with E-state index in [2.05, 4.69) is 10.3 Å². The molecule has 1 atom stereocenters. The fraction of sp³-hybridized carbons (Fsp3) is 0.103. The molecule has 0 aliphatic heterocycles. The van der Waals surface area contributed by atoms with Gasteiger partial charge in [0.15, 0.2) is 5.37 Å². The van der Waals surface area contributed by atoms with E-state index < -0.39 is 21.1 Å². The summed E-state index contributed by atoms with van der Waals surface area (Å²) in [6, 6.07) is 22.9. The first-order valence-corrected chi connectivity index (χ1v) is 14.3. The second-order valence-electron chi connectivity index (χ2n) is 8.84. The Balaban J connectivity index is 1.63. The number of sulfone groups is 1. The van der Waals surface area contributed by atoms with E-state index in [0.717, 1.165) is 20.5 Å². The minimum Gasteiger partial charge on any atom is -0.497 e. The van der Waals surface area contributed by atoms with E-state index in [-0.39, 0.29) is 16.1 Å². The number of pyridine rings is 1. The number of nitrogens with one attached hydrogen (secondary N) is 2. The standard InChI is InChI=1S/C29H25N3O5S2/c1-18-14-21(26-16-19-6-3-4-8-25(19)38-26)15-24(28(33)32-34)27(18)31-29(20-7-5-13-30-17-20)39(35,36)23-11-9-22(37-2)10-12-23/h3-17,29,31,34H,1-2H3,(H,32,33). The molecule has 3 aromatic carbocycles. The van der Waals surface area contributed by atoms with E-state index in [1.807, 2.05) is 36.4 Å². The molecule has 0 saturated carbocycles. The molecule has 1 amide bonds. The fourth-order valence-electron chi connectivity index (χ4n) is 4.39. The number of hydroxylamine groups is 1. The average Bonchev–Trinajstić information content (AvgIpc) is 3.40. The number of carbonyl (C=O) groups excluding carboxylic acids is 1. The monoisotopic (exact) mass is 559 g/mol. The number of rotatable bonds is 8. The van der Waals surface area contributed by atoms with Crippen LogP contribution in [0.3, 0.4) is 0 Å². The average molecular weight is 560 g/mol. The van der Waals surface area contributed by atoms with Gasteiger partial charge < -0.3 is 10.1 Å². The number of anilines is 1. The first-order valence-electron chi connectivity index (χ1n) is 11.9. The predicted octanol–water partition coefficient (Wildman–Crippen LogP) is 5.98. The molecule has 2 heterocycles. The molecular formula is C29H25N3O5S2. The lowest BCUT2D eigenvalue weighted by Gasteiger charge is -2.24. The SMILES string of the molecule is COc1ccc(S(=O)(=O)C(Nc2c(C)cc(-c3cc4ccccc4s3)cc2C(=O)NO)c2cccnc2)cc1. The van der Waals surface area contributed by atoms with Gasteiger partial charge in [-0.25, -0.2) is 13.9 Å². The highest BCUT2D eigenvalue weighted by Gasteiger charge is 2.31. The highest BCUT2D eigenvalue weighted by Crippen LogP contribution is 2.39. The smallest absolute Gasteiger partial charge is 0.276 e. The summed E-state index contributed by atoms with van der Waals surface area (Å²) in [5.74, 6) is -0.246. The lowest BCUT2D eigenvalue weighted by Crippen LogP contribution is -2.26. The van der Waals surface area contributed by atoms with Crippen LogP contribution in [-0.2, 0) is 9.84 Å². The number of aromatic nitrogens is 1. The molecule has 1 unspecified atom stereocenters. The van der Waals surface area contributed by atoms with Crippen LogP contribution < -0.4 is 15.5 Å². The van der Waals surface area contributed by atoms with Gasteiger partial charge in [0.2, 0.25) is 9.84 Å². The molecule has 2 aromatic heterocycles. The largest absolute Gasteiger partial charge is 0.497 e. The fourth-order valence-corrected chi connectivity index (χ4v) is 7.00. The molecule has 0 aliphatic carbocycles. The number of thiophene rings is 1. The van der Waals surface area contributed by atoms with Gasteiger partial charge >= 0.3 is 0 Å². The summed E-state index contributed by atoms with van der Waals surface area (Å²) in [6.07, 6.45) is 3.02. The van der Waals surface area contributed by atoms with E-state index in [1.165, 1.54) is 25.4 Å². The summed E-state index contributed by atoms with van der Waals surface area (Å²) in [4.78, 5) is 18.0. The number of ether oxygens (including phenoxy) is 1. The highest BCUT2D eigenvalue weighted by atomic mass is 32.2. The Labute approximate surface area is 229 Å². The number of fused-ring (bicyclic) bond motifs is 1. The van der Waals surface area contributed by atoms with Crippen LogP contribution in [0.1, 0.15) is 26.9 Å². The van der Waals surface area contributed by atoms with Crippen LogP contribution in [0.5, 0.6) is 5.75 Å². The normalized spacial score (nSPS) is 12.2. The van der Waals surface area contributed by atoms with Crippen molar-refractivity contribution in [2.45, 2.75) is 17.2 Å². The number of methoxy groups -OCH3 is 1. The maximum atomic E-state index is 13.9. The Bertz CT molecular complexity index is 1720. The van der Waals surface area contributed by atoms with Crippen LogP contribution >= 0.6 is 11.3 Å². The Kier molecular flexibility index (Phi) is 7.34. The molecule has 10 heteroatoms. The van der Waals surface area contributed by atoms with Crippen molar-refractivity contribution in [1.82, 2.24) is 10.5 Å². The van der Waals surface area contributed by atoms with Gasteiger partial charge in [0.1, 0.15) is 5.75 Å². The molecule has 0 bridgehead atoms. The lowest BCUT2D eigenvalue weighted by molar-refractivity contribution is 0.0707. The second kappa shape index (κ2) is 10.9. The van der Waals surface area contributed by atoms with Crippen molar-refractivity contribution in [3.8, 4) is 16.2 Å². The van der Waals surface area contributed by atoms with Crippen molar-refractivity contribution in [1.29, 1.82) is 0 Å². The van der Waals surface area contributed by atoms with Crippen molar-refractivity contribution >= 4 is 42.9 Å². The first kappa shape index (κ1) is 26.4. The van der Waals surface area contributed by atoms with Crippen molar-refractivity contribution < 1.29 is 23.2 Å².